The minimum absolute atomic E-state index is 0.0103. The molecule has 3 amide bonds. The Hall–Kier alpha value is -4.99. The van der Waals surface area contributed by atoms with Gasteiger partial charge in [-0.05, 0) is 25.0 Å². The molecule has 0 unspecified atom stereocenters. The van der Waals surface area contributed by atoms with Crippen molar-refractivity contribution in [1.29, 1.82) is 0 Å². The summed E-state index contributed by atoms with van der Waals surface area (Å²) < 4.78 is 27.5. The number of carbonyl (C=O) groups is 4. The number of methoxy groups -OCH3 is 1. The number of hydrogen-bond donors (Lipinski definition) is 5. The van der Waals surface area contributed by atoms with Crippen LogP contribution in [0.4, 0.5) is 22.0 Å². The largest absolute Gasteiger partial charge is 0.494 e. The highest BCUT2D eigenvalue weighted by molar-refractivity contribution is 6.01. The summed E-state index contributed by atoms with van der Waals surface area (Å²) in [7, 11) is 1.29. The van der Waals surface area contributed by atoms with Crippen LogP contribution in [0.15, 0.2) is 29.4 Å². The van der Waals surface area contributed by atoms with Gasteiger partial charge in [0.1, 0.15) is 5.56 Å². The first-order chi connectivity index (χ1) is 20.8. The Labute approximate surface area is 239 Å². The fraction of sp³-hybridized carbons (Fsp3) is 0.400. The van der Waals surface area contributed by atoms with Gasteiger partial charge in [-0.2, -0.15) is 0 Å². The minimum Gasteiger partial charge on any atom is -0.494 e. The average molecular weight is 573 g/mol. The molecule has 2 fully saturated rings. The highest BCUT2D eigenvalue weighted by Crippen LogP contribution is 2.34. The molecule has 2 heterocycles. The van der Waals surface area contributed by atoms with Gasteiger partial charge in [-0.3, -0.25) is 14.5 Å². The molecule has 6 N–H and O–H groups in total. The van der Waals surface area contributed by atoms with E-state index in [0.717, 1.165) is 12.8 Å². The Bertz CT molecular complexity index is 1460. The molecule has 0 spiro atoms. The van der Waals surface area contributed by atoms with Gasteiger partial charge in [0.2, 0.25) is 5.91 Å². The summed E-state index contributed by atoms with van der Waals surface area (Å²) in [6, 6.07) is 5.70. The summed E-state index contributed by atoms with van der Waals surface area (Å²) in [5, 5.41) is 27.8. The Morgan fingerprint density at radius 1 is 1.17 bits per heavy atom. The van der Waals surface area contributed by atoms with Crippen molar-refractivity contribution in [2.45, 2.75) is 12.8 Å². The Kier molecular flexibility index (Phi) is 7.87. The van der Waals surface area contributed by atoms with Gasteiger partial charge < -0.3 is 41.3 Å². The van der Waals surface area contributed by atoms with Crippen LogP contribution in [-0.2, 0) is 9.63 Å². The quantitative estimate of drug-likeness (QED) is 0.115. The molecular formula is C25H31N9O7. The number of rotatable bonds is 10. The molecule has 1 saturated carbocycles. The van der Waals surface area contributed by atoms with Crippen LogP contribution in [0.5, 0.6) is 5.75 Å². The van der Waals surface area contributed by atoms with E-state index in [1.807, 2.05) is 10.2 Å². The normalized spacial score (nSPS) is 17.0. The van der Waals surface area contributed by atoms with Crippen LogP contribution >= 0.6 is 0 Å². The maximum atomic E-state index is 12.9. The fourth-order valence-corrected chi connectivity index (χ4v) is 4.01. The molecule has 16 nitrogen and oxygen atoms in total. The first-order valence-corrected chi connectivity index (χ1v) is 12.5. The maximum Gasteiger partial charge on any atom is 0.407 e. The van der Waals surface area contributed by atoms with Crippen LogP contribution in [0.2, 0.25) is 0 Å². The molecule has 16 heteroatoms. The lowest BCUT2D eigenvalue weighted by Gasteiger charge is -2.32. The van der Waals surface area contributed by atoms with E-state index in [4.69, 9.17) is 24.5 Å². The van der Waals surface area contributed by atoms with Gasteiger partial charge >= 0.3 is 12.1 Å². The molecular weight excluding hydrogens is 538 g/mol. The van der Waals surface area contributed by atoms with Crippen LogP contribution in [0.1, 0.15) is 37.8 Å². The molecule has 218 valence electrons. The number of nitrogens with two attached hydrogens (primary N) is 1. The number of carboxylic acid groups (broad SMARTS) is 1. The Morgan fingerprint density at radius 3 is 2.59 bits per heavy atom. The second-order valence-corrected chi connectivity index (χ2v) is 9.23. The zero-order valence-corrected chi connectivity index (χ0v) is 22.0. The lowest BCUT2D eigenvalue weighted by molar-refractivity contribution is -0.117. The standard InChI is InChI=1S/C25H31N9O7/c1-27-23(36)20-17(12-19(30-31-20)29-22(35)14-6-7-14)28-16-5-3-4-15(21(16)40-2)24(37)41-32-18(26)13-33-8-10-34(11-9-33)25(38)39/h3-5,12,14H,6-11,13H2,1-2H3,(H2,26,32)(H,27,36)(H,38,39)(H2,28,29,30,35)/i1D3. The zero-order chi connectivity index (χ0) is 32.0. The van der Waals surface area contributed by atoms with Crippen LogP contribution in [0.3, 0.4) is 0 Å². The first-order valence-electron chi connectivity index (χ1n) is 14.0. The van der Waals surface area contributed by atoms with Crippen molar-refractivity contribution in [3.05, 3.63) is 35.5 Å². The smallest absolute Gasteiger partial charge is 0.407 e. The highest BCUT2D eigenvalue weighted by Gasteiger charge is 2.30. The van der Waals surface area contributed by atoms with E-state index in [-0.39, 0.29) is 52.7 Å². The van der Waals surface area contributed by atoms with Crippen LogP contribution in [-0.4, -0.2) is 102 Å². The third-order valence-corrected chi connectivity index (χ3v) is 6.30. The van der Waals surface area contributed by atoms with Crippen molar-refractivity contribution in [2.75, 3.05) is 57.4 Å². The lowest BCUT2D eigenvalue weighted by Crippen LogP contribution is -2.50. The van der Waals surface area contributed by atoms with Gasteiger partial charge in [0, 0.05) is 49.3 Å². The predicted molar refractivity (Wildman–Crippen MR) is 146 cm³/mol. The molecule has 1 aliphatic heterocycles. The zero-order valence-electron chi connectivity index (χ0n) is 25.0. The summed E-state index contributed by atoms with van der Waals surface area (Å²) in [6.45, 7) is -1.19. The van der Waals surface area contributed by atoms with Crippen LogP contribution < -0.4 is 26.4 Å². The molecule has 0 radical (unpaired) electrons. The van der Waals surface area contributed by atoms with Crippen LogP contribution in [0, 0.1) is 5.92 Å². The number of oxime groups is 1. The fourth-order valence-electron chi connectivity index (χ4n) is 4.01. The number of hydrogen-bond acceptors (Lipinski definition) is 11. The number of benzene rings is 1. The number of nitrogens with one attached hydrogen (secondary N) is 3. The highest BCUT2D eigenvalue weighted by atomic mass is 16.7. The molecule has 2 aliphatic rings. The summed E-state index contributed by atoms with van der Waals surface area (Å²) in [5.41, 5.74) is 5.57. The van der Waals surface area contributed by atoms with E-state index in [9.17, 15) is 19.2 Å². The van der Waals surface area contributed by atoms with Crippen molar-refractivity contribution in [3.63, 3.8) is 0 Å². The summed E-state index contributed by atoms with van der Waals surface area (Å²) in [4.78, 5) is 57.2. The first kappa shape index (κ1) is 25.0. The van der Waals surface area contributed by atoms with Gasteiger partial charge in [0.15, 0.2) is 23.1 Å². The van der Waals surface area contributed by atoms with E-state index < -0.39 is 30.6 Å². The number of aromatic nitrogens is 2. The van der Waals surface area contributed by atoms with Gasteiger partial charge in [-0.15, -0.1) is 10.2 Å². The van der Waals surface area contributed by atoms with E-state index >= 15 is 0 Å². The second-order valence-electron chi connectivity index (χ2n) is 9.23. The molecule has 1 aromatic heterocycles. The number of piperazine rings is 1. The monoisotopic (exact) mass is 572 g/mol. The minimum atomic E-state index is -2.81. The molecule has 41 heavy (non-hydrogen) atoms. The summed E-state index contributed by atoms with van der Waals surface area (Å²) in [6.07, 6.45) is 0.480. The molecule has 1 aliphatic carbocycles. The molecule has 0 atom stereocenters. The number of nitrogens with zero attached hydrogens (tertiary/aromatic N) is 5. The van der Waals surface area contributed by atoms with E-state index in [0.29, 0.717) is 26.2 Å². The van der Waals surface area contributed by atoms with Crippen molar-refractivity contribution >= 4 is 46.9 Å². The second kappa shape index (κ2) is 12.9. The molecule has 2 aromatic rings. The van der Waals surface area contributed by atoms with Crippen molar-refractivity contribution in [1.82, 2.24) is 25.3 Å². The third kappa shape index (κ3) is 7.36. The number of amides is 3. The van der Waals surface area contributed by atoms with Crippen molar-refractivity contribution in [3.8, 4) is 5.75 Å². The van der Waals surface area contributed by atoms with E-state index in [1.54, 1.807) is 0 Å². The number of carbonyl (C=O) groups excluding carboxylic acids is 3. The van der Waals surface area contributed by atoms with Crippen molar-refractivity contribution < 1.29 is 38.0 Å². The number of ether oxygens (including phenoxy) is 1. The van der Waals surface area contributed by atoms with Crippen LogP contribution in [0.25, 0.3) is 0 Å². The predicted octanol–water partition coefficient (Wildman–Crippen LogP) is 0.662. The third-order valence-electron chi connectivity index (χ3n) is 6.30. The van der Waals surface area contributed by atoms with Gasteiger partial charge in [0.05, 0.1) is 25.0 Å². The summed E-state index contributed by atoms with van der Waals surface area (Å²) in [5.74, 6) is -2.41. The Morgan fingerprint density at radius 2 is 1.93 bits per heavy atom. The SMILES string of the molecule is [2H]C([2H])([2H])NC(=O)c1nnc(NC(=O)C2CC2)cc1Nc1cccc(C(=O)O/N=C(\N)CN2CCN(C(=O)O)CC2)c1OC. The van der Waals surface area contributed by atoms with Gasteiger partial charge in [-0.1, -0.05) is 11.2 Å². The molecule has 1 aromatic carbocycles. The van der Waals surface area contributed by atoms with E-state index in [2.05, 4.69) is 26.0 Å². The van der Waals surface area contributed by atoms with E-state index in [1.165, 1.54) is 36.3 Å². The topological polar surface area (TPSA) is 214 Å². The molecule has 1 saturated heterocycles. The average Bonchev–Trinajstić information content (AvgIpc) is 3.81. The lowest BCUT2D eigenvalue weighted by atomic mass is 10.1. The number of anilines is 3. The Balaban J connectivity index is 1.52. The molecule has 0 bridgehead atoms. The molecule has 4 rings (SSSR count). The van der Waals surface area contributed by atoms with Gasteiger partial charge in [0.25, 0.3) is 5.91 Å². The number of para-hydroxylation sites is 1. The maximum absolute atomic E-state index is 12.9. The van der Waals surface area contributed by atoms with Gasteiger partial charge in [-0.25, -0.2) is 9.59 Å². The summed E-state index contributed by atoms with van der Waals surface area (Å²) >= 11 is 0. The van der Waals surface area contributed by atoms with Crippen molar-refractivity contribution in [2.24, 2.45) is 16.8 Å². The number of amidine groups is 1.